The van der Waals surface area contributed by atoms with Crippen LogP contribution in [0.1, 0.15) is 22.5 Å². The molecule has 30 heavy (non-hydrogen) atoms. The van der Waals surface area contributed by atoms with Crippen LogP contribution in [0.3, 0.4) is 0 Å². The van der Waals surface area contributed by atoms with E-state index in [1.165, 1.54) is 0 Å². The van der Waals surface area contributed by atoms with Crippen LogP contribution in [0.4, 0.5) is 0 Å². The molecule has 2 aromatic carbocycles. The minimum absolute atomic E-state index is 0.192. The fraction of sp³-hybridized carbons (Fsp3) is 0.0800. The number of nitrogens with zero attached hydrogens (tertiary/aromatic N) is 3. The molecule has 0 aliphatic heterocycles. The fourth-order valence-corrected chi connectivity index (χ4v) is 3.27. The molecule has 0 amide bonds. The minimum Gasteiger partial charge on any atom is -0.497 e. The van der Waals surface area contributed by atoms with Crippen molar-refractivity contribution in [1.82, 2.24) is 14.5 Å². The number of methoxy groups -OCH3 is 1. The van der Waals surface area contributed by atoms with E-state index in [0.717, 1.165) is 22.4 Å². The highest BCUT2D eigenvalue weighted by Gasteiger charge is 2.12. The van der Waals surface area contributed by atoms with Crippen molar-refractivity contribution in [3.63, 3.8) is 0 Å². The highest BCUT2D eigenvalue weighted by atomic mass is 16.5. The maximum atomic E-state index is 13.3. The largest absolute Gasteiger partial charge is 0.497 e. The second kappa shape index (κ2) is 8.06. The molecule has 0 fully saturated rings. The third kappa shape index (κ3) is 3.71. The first kappa shape index (κ1) is 19.2. The van der Waals surface area contributed by atoms with Gasteiger partial charge in [0.05, 0.1) is 18.2 Å². The van der Waals surface area contributed by atoms with E-state index in [1.54, 1.807) is 48.2 Å². The Balaban J connectivity index is 1.90. The number of hydrogen-bond acceptors (Lipinski definition) is 4. The smallest absolute Gasteiger partial charge is 0.267 e. The molecule has 0 atom stereocenters. The number of terminal acetylenes is 1. The molecule has 4 rings (SSSR count). The van der Waals surface area contributed by atoms with Crippen molar-refractivity contribution < 1.29 is 4.74 Å². The third-order valence-corrected chi connectivity index (χ3v) is 4.70. The fourth-order valence-electron chi connectivity index (χ4n) is 3.27. The van der Waals surface area contributed by atoms with Gasteiger partial charge < -0.3 is 4.74 Å². The van der Waals surface area contributed by atoms with Crippen LogP contribution in [0, 0.1) is 19.3 Å². The van der Waals surface area contributed by atoms with Crippen molar-refractivity contribution in [2.24, 2.45) is 0 Å². The van der Waals surface area contributed by atoms with Crippen LogP contribution in [0.15, 0.2) is 65.6 Å². The molecule has 5 nitrogen and oxygen atoms in total. The zero-order valence-electron chi connectivity index (χ0n) is 16.7. The second-order valence-electron chi connectivity index (χ2n) is 6.79. The van der Waals surface area contributed by atoms with Crippen LogP contribution in [-0.4, -0.2) is 21.6 Å². The van der Waals surface area contributed by atoms with Crippen molar-refractivity contribution in [1.29, 1.82) is 0 Å². The highest BCUT2D eigenvalue weighted by Crippen LogP contribution is 2.19. The molecular weight excluding hydrogens is 374 g/mol. The molecular formula is C25H19N3O2. The predicted molar refractivity (Wildman–Crippen MR) is 120 cm³/mol. The van der Waals surface area contributed by atoms with Gasteiger partial charge in [-0.1, -0.05) is 18.1 Å². The average Bonchev–Trinajstić information content (AvgIpc) is 2.77. The van der Waals surface area contributed by atoms with Crippen molar-refractivity contribution in [2.75, 3.05) is 7.11 Å². The third-order valence-electron chi connectivity index (χ3n) is 4.70. The molecule has 5 heteroatoms. The lowest BCUT2D eigenvalue weighted by molar-refractivity contribution is 0.414. The Kier molecular flexibility index (Phi) is 5.15. The first-order valence-electron chi connectivity index (χ1n) is 9.37. The van der Waals surface area contributed by atoms with Crippen LogP contribution < -0.4 is 10.3 Å². The van der Waals surface area contributed by atoms with Crippen LogP contribution in [-0.2, 0) is 0 Å². The summed E-state index contributed by atoms with van der Waals surface area (Å²) < 4.78 is 6.91. The van der Waals surface area contributed by atoms with E-state index >= 15 is 0 Å². The van der Waals surface area contributed by atoms with E-state index in [2.05, 4.69) is 15.9 Å². The Labute approximate surface area is 174 Å². The lowest BCUT2D eigenvalue weighted by Gasteiger charge is -2.11. The van der Waals surface area contributed by atoms with E-state index in [-0.39, 0.29) is 5.56 Å². The van der Waals surface area contributed by atoms with Crippen molar-refractivity contribution in [2.45, 2.75) is 6.92 Å². The van der Waals surface area contributed by atoms with Gasteiger partial charge in [-0.05, 0) is 72.7 Å². The van der Waals surface area contributed by atoms with E-state index in [4.69, 9.17) is 11.2 Å². The number of aryl methyl sites for hydroxylation is 1. The summed E-state index contributed by atoms with van der Waals surface area (Å²) in [4.78, 5) is 22.1. The highest BCUT2D eigenvalue weighted by molar-refractivity contribution is 5.77. The molecule has 4 aromatic rings. The van der Waals surface area contributed by atoms with Crippen molar-refractivity contribution in [3.05, 3.63) is 93.7 Å². The van der Waals surface area contributed by atoms with Crippen molar-refractivity contribution in [3.8, 4) is 23.8 Å². The molecule has 0 aliphatic carbocycles. The monoisotopic (exact) mass is 393 g/mol. The lowest BCUT2D eigenvalue weighted by Crippen LogP contribution is -2.22. The van der Waals surface area contributed by atoms with Gasteiger partial charge >= 0.3 is 0 Å². The Morgan fingerprint density at radius 2 is 1.90 bits per heavy atom. The van der Waals surface area contributed by atoms with Crippen LogP contribution in [0.5, 0.6) is 5.75 Å². The molecule has 146 valence electrons. The Morgan fingerprint density at radius 1 is 1.10 bits per heavy atom. The van der Waals surface area contributed by atoms with Gasteiger partial charge in [-0.25, -0.2) is 9.97 Å². The number of ether oxygens (including phenoxy) is 1. The second-order valence-corrected chi connectivity index (χ2v) is 6.79. The summed E-state index contributed by atoms with van der Waals surface area (Å²) in [7, 11) is 1.64. The summed E-state index contributed by atoms with van der Waals surface area (Å²) in [5.74, 6) is 3.83. The molecule has 0 unspecified atom stereocenters. The van der Waals surface area contributed by atoms with E-state index in [9.17, 15) is 4.79 Å². The quantitative estimate of drug-likeness (QED) is 0.487. The van der Waals surface area contributed by atoms with Gasteiger partial charge in [0.1, 0.15) is 11.6 Å². The van der Waals surface area contributed by atoms with Gasteiger partial charge in [0.15, 0.2) is 5.65 Å². The molecule has 2 aromatic heterocycles. The average molecular weight is 393 g/mol. The topological polar surface area (TPSA) is 57.0 Å². The summed E-state index contributed by atoms with van der Waals surface area (Å²) in [5.41, 5.74) is 3.65. The van der Waals surface area contributed by atoms with Gasteiger partial charge in [-0.15, -0.1) is 6.42 Å². The number of pyridine rings is 1. The molecule has 0 aliphatic rings. The van der Waals surface area contributed by atoms with E-state index in [1.807, 2.05) is 43.3 Å². The van der Waals surface area contributed by atoms with Crippen LogP contribution in [0.2, 0.25) is 0 Å². The number of rotatable bonds is 4. The summed E-state index contributed by atoms with van der Waals surface area (Å²) in [6, 6.07) is 16.6. The Hall–Kier alpha value is -4.17. The summed E-state index contributed by atoms with van der Waals surface area (Å²) in [5, 5.41) is 0.452. The molecule has 0 saturated carbocycles. The minimum atomic E-state index is -0.192. The summed E-state index contributed by atoms with van der Waals surface area (Å²) in [6.45, 7) is 2.00. The normalized spacial score (nSPS) is 11.0. The van der Waals surface area contributed by atoms with Gasteiger partial charge in [0, 0.05) is 11.8 Å². The number of benzene rings is 2. The molecule has 0 spiro atoms. The number of hydrogen-bond donors (Lipinski definition) is 0. The van der Waals surface area contributed by atoms with Gasteiger partial charge in [0.25, 0.3) is 5.56 Å². The summed E-state index contributed by atoms with van der Waals surface area (Å²) >= 11 is 0. The van der Waals surface area contributed by atoms with Gasteiger partial charge in [0.2, 0.25) is 0 Å². The lowest BCUT2D eigenvalue weighted by atomic mass is 10.1. The van der Waals surface area contributed by atoms with E-state index in [0.29, 0.717) is 22.5 Å². The van der Waals surface area contributed by atoms with Crippen LogP contribution in [0.25, 0.3) is 28.9 Å². The first-order chi connectivity index (χ1) is 14.6. The summed E-state index contributed by atoms with van der Waals surface area (Å²) in [6.07, 6.45) is 10.8. The van der Waals surface area contributed by atoms with Crippen molar-refractivity contribution >= 4 is 23.2 Å². The molecule has 0 bridgehead atoms. The van der Waals surface area contributed by atoms with Crippen LogP contribution >= 0.6 is 0 Å². The predicted octanol–water partition coefficient (Wildman–Crippen LogP) is 4.25. The Bertz CT molecular complexity index is 1360. The Morgan fingerprint density at radius 3 is 2.63 bits per heavy atom. The molecule has 0 saturated heterocycles. The maximum Gasteiger partial charge on any atom is 0.267 e. The SMILES string of the molecule is C#Cc1ccc(-n2c(/C=C/c3cc(C)cc(OC)c3)nc3ncccc3c2=O)cc1. The molecule has 0 N–H and O–H groups in total. The molecule has 0 radical (unpaired) electrons. The number of fused-ring (bicyclic) bond motifs is 1. The zero-order valence-corrected chi connectivity index (χ0v) is 16.7. The number of aromatic nitrogens is 3. The zero-order chi connectivity index (χ0) is 21.1. The van der Waals surface area contributed by atoms with Gasteiger partial charge in [-0.3, -0.25) is 9.36 Å². The maximum absolute atomic E-state index is 13.3. The standard InChI is InChI=1S/C25H19N3O2/c1-4-18-7-10-20(11-8-18)28-23(27-24-22(25(28)29)6-5-13-26-24)12-9-19-14-17(2)15-21(16-19)30-3/h1,5-16H,2-3H3/b12-9+. The first-order valence-corrected chi connectivity index (χ1v) is 9.37. The van der Waals surface area contributed by atoms with Gasteiger partial charge in [-0.2, -0.15) is 0 Å². The van der Waals surface area contributed by atoms with E-state index < -0.39 is 0 Å². The molecule has 2 heterocycles.